The van der Waals surface area contributed by atoms with Gasteiger partial charge in [0, 0.05) is 42.3 Å². The highest BCUT2D eigenvalue weighted by Gasteiger charge is 2.09. The van der Waals surface area contributed by atoms with E-state index in [0.29, 0.717) is 18.7 Å². The van der Waals surface area contributed by atoms with Crippen LogP contribution in [0.5, 0.6) is 0 Å². The van der Waals surface area contributed by atoms with E-state index in [1.165, 1.54) is 0 Å². The number of benzene rings is 1. The Morgan fingerprint density at radius 1 is 1.18 bits per heavy atom. The lowest BCUT2D eigenvalue weighted by Gasteiger charge is -2.09. The van der Waals surface area contributed by atoms with E-state index in [9.17, 15) is 18.4 Å². The van der Waals surface area contributed by atoms with Crippen LogP contribution >= 0.6 is 0 Å². The van der Waals surface area contributed by atoms with Gasteiger partial charge in [-0.1, -0.05) is 26.0 Å². The van der Waals surface area contributed by atoms with Crippen molar-refractivity contribution in [1.29, 1.82) is 0 Å². The molecule has 6 nitrogen and oxygen atoms in total. The summed E-state index contributed by atoms with van der Waals surface area (Å²) in [5.41, 5.74) is 1.48. The summed E-state index contributed by atoms with van der Waals surface area (Å²) in [5.74, 6) is -0.0774. The molecular formula is C15H21N2O4S-. The summed E-state index contributed by atoms with van der Waals surface area (Å²) in [6.45, 7) is 4.12. The van der Waals surface area contributed by atoms with Crippen molar-refractivity contribution < 1.29 is 18.4 Å². The molecule has 1 unspecified atom stereocenters. The Morgan fingerprint density at radius 2 is 1.82 bits per heavy atom. The maximum absolute atomic E-state index is 11.6. The van der Waals surface area contributed by atoms with Crippen molar-refractivity contribution in [1.82, 2.24) is 5.32 Å². The average Bonchev–Trinajstić information content (AvgIpc) is 2.46. The number of hydrogen-bond donors (Lipinski definition) is 2. The molecule has 0 radical (unpaired) electrons. The van der Waals surface area contributed by atoms with Gasteiger partial charge >= 0.3 is 0 Å². The van der Waals surface area contributed by atoms with Gasteiger partial charge in [-0.3, -0.25) is 13.8 Å². The van der Waals surface area contributed by atoms with Crippen molar-refractivity contribution in [2.24, 2.45) is 5.92 Å². The van der Waals surface area contributed by atoms with Crippen LogP contribution in [-0.2, 0) is 27.3 Å². The lowest BCUT2D eigenvalue weighted by molar-refractivity contribution is -0.126. The van der Waals surface area contributed by atoms with E-state index in [4.69, 9.17) is 0 Å². The highest BCUT2D eigenvalue weighted by Crippen LogP contribution is 2.10. The zero-order chi connectivity index (χ0) is 16.5. The molecule has 7 heteroatoms. The third-order valence-corrected chi connectivity index (χ3v) is 3.54. The van der Waals surface area contributed by atoms with Crippen LogP contribution in [-0.4, -0.2) is 27.0 Å². The molecule has 0 bridgehead atoms. The predicted octanol–water partition coefficient (Wildman–Crippen LogP) is 1.56. The molecule has 1 rings (SSSR count). The summed E-state index contributed by atoms with van der Waals surface area (Å²) in [5, 5.41) is 2.77. The number of amides is 1. The summed E-state index contributed by atoms with van der Waals surface area (Å²) in [7, 11) is 0. The fraction of sp³-hybridized carbons (Fsp3) is 0.467. The summed E-state index contributed by atoms with van der Waals surface area (Å²) < 4.78 is 23.2. The second kappa shape index (κ2) is 9.32. The van der Waals surface area contributed by atoms with Gasteiger partial charge in [0.25, 0.3) is 0 Å². The Bertz CT molecular complexity index is 529. The molecule has 1 aromatic carbocycles. The average molecular weight is 325 g/mol. The molecule has 0 saturated heterocycles. The first-order chi connectivity index (χ1) is 10.4. The summed E-state index contributed by atoms with van der Waals surface area (Å²) >= 11 is -2.33. The SMILES string of the molecule is CC(C)C(=O)CCC(=O)NCCc1ccc(NS(=O)[O-])cc1. The van der Waals surface area contributed by atoms with Crippen LogP contribution in [0.25, 0.3) is 0 Å². The monoisotopic (exact) mass is 325 g/mol. The summed E-state index contributed by atoms with van der Waals surface area (Å²) in [4.78, 5) is 23.0. The number of rotatable bonds is 9. The van der Waals surface area contributed by atoms with Gasteiger partial charge in [0.1, 0.15) is 5.78 Å². The van der Waals surface area contributed by atoms with Crippen LogP contribution in [0.4, 0.5) is 5.69 Å². The van der Waals surface area contributed by atoms with Gasteiger partial charge in [-0.05, 0) is 24.1 Å². The number of carbonyl (C=O) groups is 2. The Hall–Kier alpha value is -1.73. The maximum atomic E-state index is 11.6. The smallest absolute Gasteiger partial charge is 0.220 e. The first-order valence-electron chi connectivity index (χ1n) is 7.12. The third-order valence-electron chi connectivity index (χ3n) is 3.13. The van der Waals surface area contributed by atoms with Gasteiger partial charge in [0.2, 0.25) is 5.91 Å². The Morgan fingerprint density at radius 3 is 2.36 bits per heavy atom. The van der Waals surface area contributed by atoms with E-state index in [1.54, 1.807) is 24.3 Å². The normalized spacial score (nSPS) is 12.0. The van der Waals surface area contributed by atoms with Crippen molar-refractivity contribution in [2.75, 3.05) is 11.3 Å². The minimum atomic E-state index is -2.33. The second-order valence-corrected chi connectivity index (χ2v) is 5.93. The van der Waals surface area contributed by atoms with Crippen LogP contribution in [0.1, 0.15) is 32.3 Å². The van der Waals surface area contributed by atoms with E-state index in [2.05, 4.69) is 10.0 Å². The molecule has 0 spiro atoms. The van der Waals surface area contributed by atoms with Crippen molar-refractivity contribution >= 4 is 28.6 Å². The molecule has 1 aromatic rings. The van der Waals surface area contributed by atoms with E-state index in [1.807, 2.05) is 13.8 Å². The zero-order valence-corrected chi connectivity index (χ0v) is 13.6. The number of anilines is 1. The predicted molar refractivity (Wildman–Crippen MR) is 84.8 cm³/mol. The van der Waals surface area contributed by atoms with Gasteiger partial charge in [-0.15, -0.1) is 0 Å². The van der Waals surface area contributed by atoms with Gasteiger partial charge in [-0.2, -0.15) is 0 Å². The quantitative estimate of drug-likeness (QED) is 0.673. The lowest BCUT2D eigenvalue weighted by atomic mass is 10.0. The van der Waals surface area contributed by atoms with Crippen LogP contribution in [0.15, 0.2) is 24.3 Å². The Balaban J connectivity index is 2.27. The van der Waals surface area contributed by atoms with Crippen molar-refractivity contribution in [3.05, 3.63) is 29.8 Å². The Labute approximate surface area is 133 Å². The molecule has 0 fully saturated rings. The van der Waals surface area contributed by atoms with Crippen molar-refractivity contribution in [2.45, 2.75) is 33.1 Å². The number of carbonyl (C=O) groups excluding carboxylic acids is 2. The molecule has 0 aliphatic carbocycles. The molecule has 0 heterocycles. The molecule has 1 amide bonds. The standard InChI is InChI=1S/C15H22N2O4S/c1-11(2)14(18)7-8-15(19)16-10-9-12-3-5-13(6-4-12)17-22(20)21/h3-6,11,17H,7-10H2,1-2H3,(H,16,19)(H,20,21)/p-1. The zero-order valence-electron chi connectivity index (χ0n) is 12.8. The van der Waals surface area contributed by atoms with Gasteiger partial charge in [0.05, 0.1) is 0 Å². The highest BCUT2D eigenvalue weighted by molar-refractivity contribution is 7.80. The van der Waals surface area contributed by atoms with Gasteiger partial charge < -0.3 is 14.6 Å². The number of Topliss-reactive ketones (excluding diaryl/α,β-unsaturated/α-hetero) is 1. The van der Waals surface area contributed by atoms with Crippen LogP contribution in [0.2, 0.25) is 0 Å². The molecule has 1 atom stereocenters. The largest absolute Gasteiger partial charge is 0.755 e. The fourth-order valence-electron chi connectivity index (χ4n) is 1.80. The molecule has 22 heavy (non-hydrogen) atoms. The Kier molecular flexibility index (Phi) is 7.76. The lowest BCUT2D eigenvalue weighted by Crippen LogP contribution is -2.26. The number of ketones is 1. The van der Waals surface area contributed by atoms with Crippen LogP contribution in [0, 0.1) is 5.92 Å². The van der Waals surface area contributed by atoms with Gasteiger partial charge in [0.15, 0.2) is 0 Å². The van der Waals surface area contributed by atoms with E-state index in [0.717, 1.165) is 5.56 Å². The first-order valence-corrected chi connectivity index (χ1v) is 8.20. The molecule has 0 aliphatic rings. The summed E-state index contributed by atoms with van der Waals surface area (Å²) in [6.07, 6.45) is 1.13. The topological polar surface area (TPSA) is 98.3 Å². The second-order valence-electron chi connectivity index (χ2n) is 5.25. The first kappa shape index (κ1) is 18.3. The van der Waals surface area contributed by atoms with Crippen molar-refractivity contribution in [3.63, 3.8) is 0 Å². The third kappa shape index (κ3) is 7.33. The molecule has 0 aromatic heterocycles. The molecule has 2 N–H and O–H groups in total. The number of nitrogens with one attached hydrogen (secondary N) is 2. The van der Waals surface area contributed by atoms with E-state index in [-0.39, 0.29) is 30.4 Å². The molecule has 0 aliphatic heterocycles. The highest BCUT2D eigenvalue weighted by atomic mass is 32.2. The molecule has 0 saturated carbocycles. The molecule has 122 valence electrons. The number of hydrogen-bond acceptors (Lipinski definition) is 4. The van der Waals surface area contributed by atoms with Crippen molar-refractivity contribution in [3.8, 4) is 0 Å². The van der Waals surface area contributed by atoms with Crippen LogP contribution in [0.3, 0.4) is 0 Å². The minimum absolute atomic E-state index is 0.0385. The van der Waals surface area contributed by atoms with Gasteiger partial charge in [-0.25, -0.2) is 0 Å². The maximum Gasteiger partial charge on any atom is 0.220 e. The van der Waals surface area contributed by atoms with E-state index >= 15 is 0 Å². The minimum Gasteiger partial charge on any atom is -0.755 e. The van der Waals surface area contributed by atoms with Crippen LogP contribution < -0.4 is 10.0 Å². The molecular weight excluding hydrogens is 304 g/mol. The summed E-state index contributed by atoms with van der Waals surface area (Å²) in [6, 6.07) is 6.91. The van der Waals surface area contributed by atoms with E-state index < -0.39 is 11.3 Å². The fourth-order valence-corrected chi connectivity index (χ4v) is 2.12.